The summed E-state index contributed by atoms with van der Waals surface area (Å²) in [5, 5.41) is 0. The van der Waals surface area contributed by atoms with Crippen LogP contribution in [0.2, 0.25) is 0 Å². The maximum atomic E-state index is 12.5. The highest BCUT2D eigenvalue weighted by Gasteiger charge is 2.17. The number of sulfonamides is 1. The van der Waals surface area contributed by atoms with Crippen LogP contribution in [0.5, 0.6) is 17.2 Å². The zero-order valence-electron chi connectivity index (χ0n) is 16.0. The molecule has 0 amide bonds. The Kier molecular flexibility index (Phi) is 6.05. The minimum atomic E-state index is -3.68. The normalized spacial score (nSPS) is 11.5. The number of methoxy groups -OCH3 is 2. The molecule has 0 bridgehead atoms. The van der Waals surface area contributed by atoms with Gasteiger partial charge >= 0.3 is 0 Å². The maximum Gasteiger partial charge on any atom is 0.240 e. The molecule has 0 fully saturated rings. The lowest BCUT2D eigenvalue weighted by molar-refractivity contribution is 0.342. The highest BCUT2D eigenvalue weighted by Crippen LogP contribution is 2.29. The van der Waals surface area contributed by atoms with E-state index in [0.29, 0.717) is 35.9 Å². The van der Waals surface area contributed by atoms with Gasteiger partial charge in [-0.3, -0.25) is 0 Å². The van der Waals surface area contributed by atoms with Crippen molar-refractivity contribution in [2.75, 3.05) is 27.4 Å². The van der Waals surface area contributed by atoms with Crippen LogP contribution in [0.4, 0.5) is 0 Å². The first-order chi connectivity index (χ1) is 13.5. The van der Waals surface area contributed by atoms with Gasteiger partial charge in [-0.2, -0.15) is 0 Å². The second-order valence-corrected chi connectivity index (χ2v) is 7.70. The highest BCUT2D eigenvalue weighted by atomic mass is 32.2. The van der Waals surface area contributed by atoms with Gasteiger partial charge in [-0.25, -0.2) is 18.1 Å². The summed E-state index contributed by atoms with van der Waals surface area (Å²) < 4.78 is 45.4. The summed E-state index contributed by atoms with van der Waals surface area (Å²) in [4.78, 5) is 4.65. The highest BCUT2D eigenvalue weighted by molar-refractivity contribution is 7.89. The Morgan fingerprint density at radius 3 is 2.61 bits per heavy atom. The van der Waals surface area contributed by atoms with Crippen molar-refractivity contribution in [2.24, 2.45) is 0 Å². The van der Waals surface area contributed by atoms with Gasteiger partial charge < -0.3 is 18.6 Å². The number of benzene rings is 1. The Bertz CT molecular complexity index is 1060. The lowest BCUT2D eigenvalue weighted by Gasteiger charge is -2.10. The predicted molar refractivity (Wildman–Crippen MR) is 105 cm³/mol. The average Bonchev–Trinajstić information content (AvgIpc) is 3.11. The summed E-state index contributed by atoms with van der Waals surface area (Å²) in [6.45, 7) is 2.67. The van der Waals surface area contributed by atoms with Crippen LogP contribution in [-0.4, -0.2) is 45.2 Å². The molecule has 8 nitrogen and oxygen atoms in total. The molecule has 0 unspecified atom stereocenters. The fourth-order valence-electron chi connectivity index (χ4n) is 2.81. The molecule has 0 aliphatic heterocycles. The number of fused-ring (bicyclic) bond motifs is 1. The van der Waals surface area contributed by atoms with E-state index < -0.39 is 10.0 Å². The Balaban J connectivity index is 1.70. The van der Waals surface area contributed by atoms with Gasteiger partial charge in [0.25, 0.3) is 0 Å². The average molecular weight is 405 g/mol. The second kappa shape index (κ2) is 8.49. The fourth-order valence-corrected chi connectivity index (χ4v) is 3.85. The third kappa shape index (κ3) is 4.20. The maximum absolute atomic E-state index is 12.5. The van der Waals surface area contributed by atoms with Crippen molar-refractivity contribution in [3.8, 4) is 17.2 Å². The van der Waals surface area contributed by atoms with Crippen LogP contribution in [0, 0.1) is 0 Å². The molecule has 1 aromatic carbocycles. The van der Waals surface area contributed by atoms with E-state index in [1.54, 1.807) is 6.07 Å². The van der Waals surface area contributed by atoms with Gasteiger partial charge in [0.1, 0.15) is 0 Å². The number of aromatic nitrogens is 2. The molecule has 150 valence electrons. The number of imidazole rings is 1. The lowest BCUT2D eigenvalue weighted by atomic mass is 10.3. The van der Waals surface area contributed by atoms with Crippen LogP contribution in [0.25, 0.3) is 5.65 Å². The molecule has 2 aromatic heterocycles. The largest absolute Gasteiger partial charge is 0.493 e. The number of nitrogens with zero attached hydrogens (tertiary/aromatic N) is 2. The monoisotopic (exact) mass is 405 g/mol. The zero-order chi connectivity index (χ0) is 20.1. The Labute approximate surface area is 164 Å². The molecule has 0 spiro atoms. The number of ether oxygens (including phenoxy) is 3. The first kappa shape index (κ1) is 20.0. The zero-order valence-corrected chi connectivity index (χ0v) is 16.8. The molecule has 0 saturated heterocycles. The molecule has 0 saturated carbocycles. The number of hydrogen-bond acceptors (Lipinski definition) is 6. The third-order valence-electron chi connectivity index (χ3n) is 4.14. The second-order valence-electron chi connectivity index (χ2n) is 5.93. The molecule has 0 aliphatic rings. The molecular formula is C19H23N3O5S. The number of nitrogens with one attached hydrogen (secondary N) is 1. The van der Waals surface area contributed by atoms with E-state index in [0.717, 1.165) is 5.69 Å². The predicted octanol–water partition coefficient (Wildman–Crippen LogP) is 2.27. The Hall–Kier alpha value is -2.78. The van der Waals surface area contributed by atoms with E-state index in [1.165, 1.54) is 26.4 Å². The van der Waals surface area contributed by atoms with Crippen molar-refractivity contribution in [1.82, 2.24) is 14.1 Å². The molecule has 2 heterocycles. The van der Waals surface area contributed by atoms with Crippen molar-refractivity contribution in [1.29, 1.82) is 0 Å². The van der Waals surface area contributed by atoms with Crippen LogP contribution in [0.15, 0.2) is 47.6 Å². The van der Waals surface area contributed by atoms with Gasteiger partial charge in [0.2, 0.25) is 10.0 Å². The molecule has 3 aromatic rings. The summed E-state index contributed by atoms with van der Waals surface area (Å²) in [5.74, 6) is 1.52. The third-order valence-corrected chi connectivity index (χ3v) is 5.59. The first-order valence-corrected chi connectivity index (χ1v) is 10.3. The van der Waals surface area contributed by atoms with Crippen molar-refractivity contribution in [2.45, 2.75) is 18.2 Å². The summed E-state index contributed by atoms with van der Waals surface area (Å²) in [7, 11) is -0.724. The van der Waals surface area contributed by atoms with Crippen LogP contribution < -0.4 is 18.9 Å². The molecule has 28 heavy (non-hydrogen) atoms. The minimum Gasteiger partial charge on any atom is -0.493 e. The van der Waals surface area contributed by atoms with E-state index in [1.807, 2.05) is 35.9 Å². The Morgan fingerprint density at radius 2 is 1.89 bits per heavy atom. The SMILES string of the molecule is CCOc1cccn2cc(CCNS(=O)(=O)c3ccc(OC)c(OC)c3)nc12. The summed E-state index contributed by atoms with van der Waals surface area (Å²) in [5.41, 5.74) is 1.48. The van der Waals surface area contributed by atoms with E-state index in [-0.39, 0.29) is 11.4 Å². The van der Waals surface area contributed by atoms with Gasteiger partial charge in [0.05, 0.1) is 31.4 Å². The smallest absolute Gasteiger partial charge is 0.240 e. The van der Waals surface area contributed by atoms with Crippen LogP contribution in [0.1, 0.15) is 12.6 Å². The van der Waals surface area contributed by atoms with E-state index in [9.17, 15) is 8.42 Å². The molecule has 0 radical (unpaired) electrons. The van der Waals surface area contributed by atoms with Gasteiger partial charge in [0, 0.05) is 31.4 Å². The van der Waals surface area contributed by atoms with Gasteiger partial charge in [0.15, 0.2) is 22.9 Å². The number of rotatable bonds is 9. The molecule has 0 aliphatic carbocycles. The van der Waals surface area contributed by atoms with Gasteiger partial charge in [-0.15, -0.1) is 0 Å². The van der Waals surface area contributed by atoms with Gasteiger partial charge in [-0.1, -0.05) is 0 Å². The van der Waals surface area contributed by atoms with E-state index >= 15 is 0 Å². The number of pyridine rings is 1. The summed E-state index contributed by atoms with van der Waals surface area (Å²) in [6, 6.07) is 8.20. The topological polar surface area (TPSA) is 91.2 Å². The van der Waals surface area contributed by atoms with E-state index in [4.69, 9.17) is 14.2 Å². The molecule has 0 atom stereocenters. The lowest BCUT2D eigenvalue weighted by Crippen LogP contribution is -2.26. The molecule has 3 rings (SSSR count). The number of hydrogen-bond donors (Lipinski definition) is 1. The summed E-state index contributed by atoms with van der Waals surface area (Å²) in [6.07, 6.45) is 4.19. The van der Waals surface area contributed by atoms with Crippen molar-refractivity contribution in [3.05, 3.63) is 48.4 Å². The fraction of sp³-hybridized carbons (Fsp3) is 0.316. The minimum absolute atomic E-state index is 0.110. The van der Waals surface area contributed by atoms with Crippen molar-refractivity contribution < 1.29 is 22.6 Å². The summed E-state index contributed by atoms with van der Waals surface area (Å²) >= 11 is 0. The quantitative estimate of drug-likeness (QED) is 0.587. The van der Waals surface area contributed by atoms with Crippen molar-refractivity contribution in [3.63, 3.8) is 0 Å². The van der Waals surface area contributed by atoms with Crippen LogP contribution in [0.3, 0.4) is 0 Å². The Morgan fingerprint density at radius 1 is 1.11 bits per heavy atom. The molecular weight excluding hydrogens is 382 g/mol. The van der Waals surface area contributed by atoms with E-state index in [2.05, 4.69) is 9.71 Å². The standard InChI is InChI=1S/C19H23N3O5S/c1-4-27-17-6-5-11-22-13-14(21-19(17)22)9-10-20-28(23,24)15-7-8-16(25-2)18(12-15)26-3/h5-8,11-13,20H,4,9-10H2,1-3H3. The van der Waals surface area contributed by atoms with Crippen LogP contribution in [-0.2, 0) is 16.4 Å². The molecule has 9 heteroatoms. The van der Waals surface area contributed by atoms with Crippen molar-refractivity contribution >= 4 is 15.7 Å². The van der Waals surface area contributed by atoms with Crippen LogP contribution >= 0.6 is 0 Å². The molecule has 1 N–H and O–H groups in total. The van der Waals surface area contributed by atoms with Gasteiger partial charge in [-0.05, 0) is 31.2 Å². The first-order valence-electron chi connectivity index (χ1n) is 8.79.